The van der Waals surface area contributed by atoms with Gasteiger partial charge in [0.1, 0.15) is 12.1 Å². The maximum Gasteiger partial charge on any atom is 0.325 e. The second-order valence-corrected chi connectivity index (χ2v) is 4.91. The third-order valence-corrected chi connectivity index (χ3v) is 2.80. The fraction of sp³-hybridized carbons (Fsp3) is 0.583. The smallest absolute Gasteiger partial charge is 0.325 e. The summed E-state index contributed by atoms with van der Waals surface area (Å²) in [5.74, 6) is -4.43. The number of nitrogens with two attached hydrogens (primary N) is 3. The summed E-state index contributed by atoms with van der Waals surface area (Å²) in [6.07, 6.45) is -0.797. The third-order valence-electron chi connectivity index (χ3n) is 2.80. The Balaban J connectivity index is 4.88. The lowest BCUT2D eigenvalue weighted by Crippen LogP contribution is -2.54. The highest BCUT2D eigenvalue weighted by Crippen LogP contribution is 2.00. The van der Waals surface area contributed by atoms with E-state index in [2.05, 4.69) is 10.6 Å². The summed E-state index contributed by atoms with van der Waals surface area (Å²) in [4.78, 5) is 56.1. The summed E-state index contributed by atoms with van der Waals surface area (Å²) >= 11 is 0. The van der Waals surface area contributed by atoms with E-state index in [9.17, 15) is 24.0 Å². The quantitative estimate of drug-likeness (QED) is 0.238. The number of amides is 4. The average molecular weight is 331 g/mol. The minimum atomic E-state index is -1.27. The van der Waals surface area contributed by atoms with Gasteiger partial charge in [0.05, 0.1) is 12.5 Å². The Hall–Kier alpha value is -2.69. The van der Waals surface area contributed by atoms with Gasteiger partial charge in [0.2, 0.25) is 23.6 Å². The van der Waals surface area contributed by atoms with Crippen LogP contribution in [0, 0.1) is 0 Å². The SMILES string of the molecule is C[C@H](NC(=O)[C@H](CCC(N)=O)NC(=O)[C@@H](N)CC(N)=O)C(=O)O. The zero-order valence-corrected chi connectivity index (χ0v) is 12.6. The minimum absolute atomic E-state index is 0.150. The van der Waals surface area contributed by atoms with Gasteiger partial charge in [0, 0.05) is 6.42 Å². The predicted molar refractivity (Wildman–Crippen MR) is 77.4 cm³/mol. The van der Waals surface area contributed by atoms with E-state index in [1.54, 1.807) is 0 Å². The van der Waals surface area contributed by atoms with Crippen molar-refractivity contribution in [2.75, 3.05) is 0 Å². The van der Waals surface area contributed by atoms with Crippen LogP contribution in [-0.4, -0.2) is 52.8 Å². The highest BCUT2D eigenvalue weighted by molar-refractivity contribution is 5.93. The molecule has 0 aliphatic heterocycles. The summed E-state index contributed by atoms with van der Waals surface area (Å²) in [5.41, 5.74) is 15.3. The van der Waals surface area contributed by atoms with Crippen molar-refractivity contribution in [3.63, 3.8) is 0 Å². The molecule has 0 rings (SSSR count). The molecule has 0 unspecified atom stereocenters. The molecule has 11 heteroatoms. The van der Waals surface area contributed by atoms with Gasteiger partial charge >= 0.3 is 5.97 Å². The van der Waals surface area contributed by atoms with Gasteiger partial charge in [-0.2, -0.15) is 0 Å². The van der Waals surface area contributed by atoms with Gasteiger partial charge < -0.3 is 32.9 Å². The van der Waals surface area contributed by atoms with Crippen LogP contribution in [0.5, 0.6) is 0 Å². The van der Waals surface area contributed by atoms with Gasteiger partial charge in [-0.15, -0.1) is 0 Å². The van der Waals surface area contributed by atoms with Crippen LogP contribution in [0.2, 0.25) is 0 Å². The maximum atomic E-state index is 12.0. The molecule has 0 aromatic rings. The molecule has 130 valence electrons. The van der Waals surface area contributed by atoms with Crippen molar-refractivity contribution in [2.45, 2.75) is 44.3 Å². The van der Waals surface area contributed by atoms with E-state index in [0.717, 1.165) is 0 Å². The van der Waals surface area contributed by atoms with Crippen LogP contribution in [0.4, 0.5) is 0 Å². The van der Waals surface area contributed by atoms with E-state index < -0.39 is 54.1 Å². The number of carbonyl (C=O) groups is 5. The molecular formula is C12H21N5O6. The van der Waals surface area contributed by atoms with E-state index in [1.165, 1.54) is 6.92 Å². The molecule has 0 saturated carbocycles. The molecule has 0 fully saturated rings. The van der Waals surface area contributed by atoms with Crippen molar-refractivity contribution in [1.29, 1.82) is 0 Å². The largest absolute Gasteiger partial charge is 0.480 e. The van der Waals surface area contributed by atoms with Crippen molar-refractivity contribution in [1.82, 2.24) is 10.6 Å². The average Bonchev–Trinajstić information content (AvgIpc) is 2.41. The molecule has 0 aliphatic rings. The number of hydrogen-bond acceptors (Lipinski definition) is 6. The van der Waals surface area contributed by atoms with Crippen molar-refractivity contribution in [3.05, 3.63) is 0 Å². The fourth-order valence-electron chi connectivity index (χ4n) is 1.52. The van der Waals surface area contributed by atoms with Crippen molar-refractivity contribution in [2.24, 2.45) is 17.2 Å². The van der Waals surface area contributed by atoms with Crippen molar-refractivity contribution < 1.29 is 29.1 Å². The van der Waals surface area contributed by atoms with Crippen molar-refractivity contribution >= 4 is 29.6 Å². The van der Waals surface area contributed by atoms with Gasteiger partial charge in [0.15, 0.2) is 0 Å². The van der Waals surface area contributed by atoms with Crippen LogP contribution in [0.25, 0.3) is 0 Å². The number of carboxylic acid groups (broad SMARTS) is 1. The zero-order chi connectivity index (χ0) is 18.2. The fourth-order valence-corrected chi connectivity index (χ4v) is 1.52. The van der Waals surface area contributed by atoms with E-state index >= 15 is 0 Å². The van der Waals surface area contributed by atoms with E-state index in [4.69, 9.17) is 22.3 Å². The number of carboxylic acids is 1. The Morgan fingerprint density at radius 1 is 1.00 bits per heavy atom. The topological polar surface area (TPSA) is 208 Å². The molecule has 11 nitrogen and oxygen atoms in total. The van der Waals surface area contributed by atoms with Crippen LogP contribution in [0.1, 0.15) is 26.2 Å². The Bertz CT molecular complexity index is 494. The first-order valence-electron chi connectivity index (χ1n) is 6.70. The number of primary amides is 2. The predicted octanol–water partition coefficient (Wildman–Crippen LogP) is -3.47. The standard InChI is InChI=1S/C12H21N5O6/c1-5(12(22)23)16-11(21)7(2-3-8(14)18)17-10(20)6(13)4-9(15)19/h5-7H,2-4,13H2,1H3,(H2,14,18)(H2,15,19)(H,16,21)(H,17,20)(H,22,23)/t5-,6-,7-/m0/s1. The second-order valence-electron chi connectivity index (χ2n) is 4.91. The Kier molecular flexibility index (Phi) is 8.26. The van der Waals surface area contributed by atoms with Crippen LogP contribution in [0.15, 0.2) is 0 Å². The first kappa shape index (κ1) is 20.3. The first-order chi connectivity index (χ1) is 10.5. The van der Waals surface area contributed by atoms with E-state index in [0.29, 0.717) is 0 Å². The van der Waals surface area contributed by atoms with Crippen LogP contribution >= 0.6 is 0 Å². The normalized spacial score (nSPS) is 14.2. The zero-order valence-electron chi connectivity index (χ0n) is 12.6. The van der Waals surface area contributed by atoms with Crippen LogP contribution < -0.4 is 27.8 Å². The molecule has 0 spiro atoms. The molecule has 0 aromatic heterocycles. The molecule has 3 atom stereocenters. The van der Waals surface area contributed by atoms with E-state index in [-0.39, 0.29) is 12.8 Å². The van der Waals surface area contributed by atoms with Gasteiger partial charge in [-0.1, -0.05) is 0 Å². The number of carbonyl (C=O) groups excluding carboxylic acids is 4. The Morgan fingerprint density at radius 2 is 1.57 bits per heavy atom. The molecule has 0 bridgehead atoms. The molecule has 23 heavy (non-hydrogen) atoms. The molecule has 0 saturated heterocycles. The van der Waals surface area contributed by atoms with E-state index in [1.807, 2.05) is 0 Å². The van der Waals surface area contributed by atoms with Gasteiger partial charge in [0.25, 0.3) is 0 Å². The summed E-state index contributed by atoms with van der Waals surface area (Å²) in [7, 11) is 0. The highest BCUT2D eigenvalue weighted by Gasteiger charge is 2.26. The number of aliphatic carboxylic acids is 1. The first-order valence-corrected chi connectivity index (χ1v) is 6.70. The van der Waals surface area contributed by atoms with Crippen LogP contribution in [0.3, 0.4) is 0 Å². The summed E-state index contributed by atoms with van der Waals surface area (Å²) < 4.78 is 0. The lowest BCUT2D eigenvalue weighted by atomic mass is 10.1. The molecule has 0 aromatic carbocycles. The van der Waals surface area contributed by atoms with Crippen molar-refractivity contribution in [3.8, 4) is 0 Å². The molecular weight excluding hydrogens is 310 g/mol. The summed E-state index contributed by atoms with van der Waals surface area (Å²) in [5, 5.41) is 13.1. The molecule has 0 aliphatic carbocycles. The lowest BCUT2D eigenvalue weighted by molar-refractivity contribution is -0.142. The van der Waals surface area contributed by atoms with Gasteiger partial charge in [-0.3, -0.25) is 24.0 Å². The number of hydrogen-bond donors (Lipinski definition) is 6. The third kappa shape index (κ3) is 8.36. The second kappa shape index (κ2) is 9.35. The molecule has 4 amide bonds. The lowest BCUT2D eigenvalue weighted by Gasteiger charge is -2.21. The number of rotatable bonds is 10. The number of nitrogens with one attached hydrogen (secondary N) is 2. The summed E-state index contributed by atoms with van der Waals surface area (Å²) in [6.45, 7) is 1.23. The summed E-state index contributed by atoms with van der Waals surface area (Å²) in [6, 6.07) is -3.70. The van der Waals surface area contributed by atoms with Crippen LogP contribution in [-0.2, 0) is 24.0 Å². The molecule has 0 radical (unpaired) electrons. The van der Waals surface area contributed by atoms with Gasteiger partial charge in [-0.05, 0) is 13.3 Å². The van der Waals surface area contributed by atoms with Gasteiger partial charge in [-0.25, -0.2) is 0 Å². The maximum absolute atomic E-state index is 12.0. The highest BCUT2D eigenvalue weighted by atomic mass is 16.4. The molecule has 9 N–H and O–H groups in total. The Labute approximate surface area is 131 Å². The monoisotopic (exact) mass is 331 g/mol. The Morgan fingerprint density at radius 3 is 2.00 bits per heavy atom. The molecule has 0 heterocycles. The minimum Gasteiger partial charge on any atom is -0.480 e.